The highest BCUT2D eigenvalue weighted by atomic mass is 79.9. The minimum Gasteiger partial charge on any atom is -0.348 e. The van der Waals surface area contributed by atoms with E-state index in [0.29, 0.717) is 12.6 Å². The Bertz CT molecular complexity index is 503. The van der Waals surface area contributed by atoms with Crippen molar-refractivity contribution in [1.82, 2.24) is 5.32 Å². The van der Waals surface area contributed by atoms with E-state index in [1.54, 1.807) is 0 Å². The summed E-state index contributed by atoms with van der Waals surface area (Å²) in [6.45, 7) is 0.583. The summed E-state index contributed by atoms with van der Waals surface area (Å²) in [4.78, 5) is 24.4. The molecule has 20 heavy (non-hydrogen) atoms. The van der Waals surface area contributed by atoms with Gasteiger partial charge in [-0.15, -0.1) is 0 Å². The van der Waals surface area contributed by atoms with Crippen LogP contribution < -0.4 is 15.5 Å². The van der Waals surface area contributed by atoms with Crippen LogP contribution >= 0.6 is 15.9 Å². The minimum absolute atomic E-state index is 0.0127. The van der Waals surface area contributed by atoms with Gasteiger partial charge in [0.25, 0.3) is 11.8 Å². The molecule has 0 heterocycles. The number of nitrogens with one attached hydrogen (secondary N) is 3. The third-order valence-corrected chi connectivity index (χ3v) is 3.71. The molecule has 0 spiro atoms. The number of carbonyl (C=O) groups is 2. The maximum absolute atomic E-state index is 11.9. The number of carbonyl (C=O) groups excluding carboxylic acids is 2. The van der Waals surface area contributed by atoms with E-state index in [1.165, 1.54) is 0 Å². The number of likely N-dealkylation sites (N-methyl/N-ethyl adjacent to an activating group) is 1. The first-order chi connectivity index (χ1) is 9.54. The van der Waals surface area contributed by atoms with E-state index in [4.69, 9.17) is 0 Å². The van der Waals surface area contributed by atoms with Gasteiger partial charge in [-0.05, 0) is 40.9 Å². The van der Waals surface area contributed by atoms with Crippen LogP contribution in [0.4, 0.5) is 5.69 Å². The van der Waals surface area contributed by atoms with Crippen LogP contribution in [0.2, 0.25) is 0 Å². The highest BCUT2D eigenvalue weighted by Crippen LogP contribution is 2.20. The first-order valence-corrected chi connectivity index (χ1v) is 7.49. The molecule has 1 unspecified atom stereocenters. The van der Waals surface area contributed by atoms with Crippen LogP contribution in [0.1, 0.15) is 12.8 Å². The van der Waals surface area contributed by atoms with Gasteiger partial charge in [-0.2, -0.15) is 0 Å². The first-order valence-electron chi connectivity index (χ1n) is 6.69. The number of anilines is 1. The van der Waals surface area contributed by atoms with Crippen LogP contribution in [-0.4, -0.2) is 38.0 Å². The fourth-order valence-electron chi connectivity index (χ4n) is 1.87. The summed E-state index contributed by atoms with van der Waals surface area (Å²) in [7, 11) is 1.84. The summed E-state index contributed by atoms with van der Waals surface area (Å²) in [6, 6.07) is 7.82. The zero-order chi connectivity index (χ0) is 14.5. The summed E-state index contributed by atoms with van der Waals surface area (Å²) >= 11 is 3.38. The van der Waals surface area contributed by atoms with Gasteiger partial charge in [-0.1, -0.05) is 12.1 Å². The molecule has 3 N–H and O–H groups in total. The number of halogens is 1. The smallest absolute Gasteiger partial charge is 0.279 e. The SMILES string of the molecule is C[NH+](CC(=O)Nc1ccccc1Br)CC(=O)NC1CC1. The average molecular weight is 341 g/mol. The standard InChI is InChI=1S/C14H18BrN3O2/c1-18(8-13(19)16-10-6-7-10)9-14(20)17-12-5-3-2-4-11(12)15/h2-5,10H,6-9H2,1H3,(H,16,19)(H,17,20)/p+1. The van der Waals surface area contributed by atoms with Crippen molar-refractivity contribution in [3.05, 3.63) is 28.7 Å². The molecule has 1 saturated carbocycles. The Balaban J connectivity index is 1.75. The van der Waals surface area contributed by atoms with Crippen molar-refractivity contribution < 1.29 is 14.5 Å². The Morgan fingerprint density at radius 3 is 2.55 bits per heavy atom. The van der Waals surface area contributed by atoms with Crippen molar-refractivity contribution in [2.45, 2.75) is 18.9 Å². The monoisotopic (exact) mass is 340 g/mol. The van der Waals surface area contributed by atoms with E-state index in [1.807, 2.05) is 31.3 Å². The number of hydrogen-bond acceptors (Lipinski definition) is 2. The molecule has 5 nitrogen and oxygen atoms in total. The molecule has 0 saturated heterocycles. The number of rotatable bonds is 6. The van der Waals surface area contributed by atoms with Crippen LogP contribution in [0.5, 0.6) is 0 Å². The lowest BCUT2D eigenvalue weighted by molar-refractivity contribution is -0.862. The molecule has 2 rings (SSSR count). The Kier molecular flexibility index (Phi) is 5.14. The van der Waals surface area contributed by atoms with Gasteiger partial charge in [-0.25, -0.2) is 0 Å². The second-order valence-electron chi connectivity index (χ2n) is 5.18. The van der Waals surface area contributed by atoms with Crippen LogP contribution in [0.3, 0.4) is 0 Å². The van der Waals surface area contributed by atoms with Gasteiger partial charge in [-0.3, -0.25) is 9.59 Å². The Morgan fingerprint density at radius 1 is 1.25 bits per heavy atom. The zero-order valence-electron chi connectivity index (χ0n) is 11.4. The normalized spacial score (nSPS) is 15.5. The zero-order valence-corrected chi connectivity index (χ0v) is 13.0. The number of hydrogen-bond donors (Lipinski definition) is 3. The van der Waals surface area contributed by atoms with Crippen molar-refractivity contribution >= 4 is 33.4 Å². The molecule has 0 aromatic heterocycles. The van der Waals surface area contributed by atoms with E-state index in [-0.39, 0.29) is 18.4 Å². The van der Waals surface area contributed by atoms with Crippen molar-refractivity contribution in [3.63, 3.8) is 0 Å². The van der Waals surface area contributed by atoms with Gasteiger partial charge < -0.3 is 15.5 Å². The lowest BCUT2D eigenvalue weighted by Crippen LogP contribution is -3.11. The Hall–Kier alpha value is -1.40. The van der Waals surface area contributed by atoms with Crippen molar-refractivity contribution in [1.29, 1.82) is 0 Å². The lowest BCUT2D eigenvalue weighted by atomic mass is 10.3. The summed E-state index contributed by atoms with van der Waals surface area (Å²) in [5.74, 6) is -0.0905. The molecule has 1 fully saturated rings. The highest BCUT2D eigenvalue weighted by molar-refractivity contribution is 9.10. The van der Waals surface area contributed by atoms with Crippen LogP contribution in [0.25, 0.3) is 0 Å². The van der Waals surface area contributed by atoms with Gasteiger partial charge in [0.1, 0.15) is 0 Å². The second-order valence-corrected chi connectivity index (χ2v) is 6.03. The molecule has 1 aromatic carbocycles. The van der Waals surface area contributed by atoms with E-state index in [9.17, 15) is 9.59 Å². The van der Waals surface area contributed by atoms with Gasteiger partial charge in [0.2, 0.25) is 0 Å². The van der Waals surface area contributed by atoms with E-state index in [0.717, 1.165) is 27.9 Å². The van der Waals surface area contributed by atoms with Crippen LogP contribution in [-0.2, 0) is 9.59 Å². The predicted molar refractivity (Wildman–Crippen MR) is 80.6 cm³/mol. The van der Waals surface area contributed by atoms with Crippen molar-refractivity contribution in [2.75, 3.05) is 25.5 Å². The fourth-order valence-corrected chi connectivity index (χ4v) is 2.26. The van der Waals surface area contributed by atoms with Crippen molar-refractivity contribution in [3.8, 4) is 0 Å². The molecule has 1 aromatic rings. The first kappa shape index (κ1) is 15.0. The molecular formula is C14H19BrN3O2+. The fraction of sp³-hybridized carbons (Fsp3) is 0.429. The van der Waals surface area contributed by atoms with Crippen LogP contribution in [0, 0.1) is 0 Å². The molecule has 1 aliphatic rings. The van der Waals surface area contributed by atoms with E-state index in [2.05, 4.69) is 26.6 Å². The molecule has 0 bridgehead atoms. The highest BCUT2D eigenvalue weighted by Gasteiger charge is 2.24. The largest absolute Gasteiger partial charge is 0.348 e. The third-order valence-electron chi connectivity index (χ3n) is 3.02. The summed E-state index contributed by atoms with van der Waals surface area (Å²) < 4.78 is 0.845. The minimum atomic E-state index is -0.103. The van der Waals surface area contributed by atoms with Gasteiger partial charge in [0, 0.05) is 10.5 Å². The van der Waals surface area contributed by atoms with Gasteiger partial charge in [0.15, 0.2) is 13.1 Å². The molecular weight excluding hydrogens is 322 g/mol. The topological polar surface area (TPSA) is 62.6 Å². The number of benzene rings is 1. The van der Waals surface area contributed by atoms with Gasteiger partial charge in [0.05, 0.1) is 12.7 Å². The summed E-state index contributed by atoms with van der Waals surface area (Å²) in [6.07, 6.45) is 2.15. The number of para-hydroxylation sites is 1. The maximum Gasteiger partial charge on any atom is 0.279 e. The lowest BCUT2D eigenvalue weighted by Gasteiger charge is -2.14. The predicted octanol–water partition coefficient (Wildman–Crippen LogP) is 0.181. The molecule has 6 heteroatoms. The Labute approximate surface area is 126 Å². The molecule has 2 amide bonds. The van der Waals surface area contributed by atoms with Crippen LogP contribution in [0.15, 0.2) is 28.7 Å². The molecule has 1 aliphatic carbocycles. The Morgan fingerprint density at radius 2 is 1.90 bits per heavy atom. The molecule has 0 radical (unpaired) electrons. The second kappa shape index (κ2) is 6.85. The summed E-state index contributed by atoms with van der Waals surface area (Å²) in [5, 5.41) is 5.75. The summed E-state index contributed by atoms with van der Waals surface area (Å²) in [5.41, 5.74) is 0.743. The molecule has 108 valence electrons. The third kappa shape index (κ3) is 4.94. The average Bonchev–Trinajstić information content (AvgIpc) is 3.15. The van der Waals surface area contributed by atoms with E-state index >= 15 is 0 Å². The van der Waals surface area contributed by atoms with Crippen molar-refractivity contribution in [2.24, 2.45) is 0 Å². The van der Waals surface area contributed by atoms with Gasteiger partial charge >= 0.3 is 0 Å². The maximum atomic E-state index is 11.9. The number of quaternary nitrogens is 1. The molecule has 1 atom stereocenters. The number of amides is 2. The van der Waals surface area contributed by atoms with E-state index < -0.39 is 0 Å². The molecule has 0 aliphatic heterocycles. The quantitative estimate of drug-likeness (QED) is 0.691.